The summed E-state index contributed by atoms with van der Waals surface area (Å²) in [4.78, 5) is 22.2. The Bertz CT molecular complexity index is 747. The lowest BCUT2D eigenvalue weighted by Crippen LogP contribution is -2.25. The van der Waals surface area contributed by atoms with Crippen molar-refractivity contribution in [2.45, 2.75) is 19.9 Å². The number of aromatic nitrogens is 2. The third-order valence-electron chi connectivity index (χ3n) is 3.03. The molecule has 2 aromatic rings. The van der Waals surface area contributed by atoms with Gasteiger partial charge in [-0.2, -0.15) is 4.68 Å². The van der Waals surface area contributed by atoms with E-state index in [0.29, 0.717) is 10.2 Å². The molecule has 1 amide bonds. The van der Waals surface area contributed by atoms with Crippen molar-refractivity contribution in [3.05, 3.63) is 50.4 Å². The number of amides is 1. The van der Waals surface area contributed by atoms with Gasteiger partial charge in [0.15, 0.2) is 0 Å². The number of nitrogens with zero attached hydrogens (tertiary/aromatic N) is 3. The Balaban J connectivity index is 2.20. The molecule has 9 heteroatoms. The SMILES string of the molecule is Cc1cc([N+](=O)[O-])nn1C(C)C(=O)Nc1ccc(Br)cc1F. The van der Waals surface area contributed by atoms with E-state index in [1.807, 2.05) is 0 Å². The molecule has 7 nitrogen and oxygen atoms in total. The van der Waals surface area contributed by atoms with Gasteiger partial charge in [0.05, 0.1) is 22.5 Å². The van der Waals surface area contributed by atoms with Crippen molar-refractivity contribution in [1.82, 2.24) is 9.78 Å². The molecule has 2 rings (SSSR count). The fourth-order valence-electron chi connectivity index (χ4n) is 1.89. The van der Waals surface area contributed by atoms with E-state index >= 15 is 0 Å². The third-order valence-corrected chi connectivity index (χ3v) is 3.53. The predicted molar refractivity (Wildman–Crippen MR) is 81.1 cm³/mol. The maximum absolute atomic E-state index is 13.7. The number of halogens is 2. The highest BCUT2D eigenvalue weighted by atomic mass is 79.9. The minimum Gasteiger partial charge on any atom is -0.358 e. The average molecular weight is 371 g/mol. The van der Waals surface area contributed by atoms with Gasteiger partial charge in [0.2, 0.25) is 0 Å². The number of carbonyl (C=O) groups excluding carboxylic acids is 1. The van der Waals surface area contributed by atoms with Crippen LogP contribution in [0.2, 0.25) is 0 Å². The first-order valence-electron chi connectivity index (χ1n) is 6.26. The van der Waals surface area contributed by atoms with Crippen molar-refractivity contribution in [3.8, 4) is 0 Å². The number of aryl methyl sites for hydroxylation is 1. The van der Waals surface area contributed by atoms with Crippen LogP contribution in [-0.4, -0.2) is 20.6 Å². The second kappa shape index (κ2) is 6.22. The van der Waals surface area contributed by atoms with Crippen molar-refractivity contribution in [2.24, 2.45) is 0 Å². The lowest BCUT2D eigenvalue weighted by molar-refractivity contribution is -0.389. The van der Waals surface area contributed by atoms with Crippen LogP contribution in [0, 0.1) is 22.9 Å². The summed E-state index contributed by atoms with van der Waals surface area (Å²) in [7, 11) is 0. The van der Waals surface area contributed by atoms with E-state index in [1.165, 1.54) is 29.8 Å². The predicted octanol–water partition coefficient (Wildman–Crippen LogP) is 3.20. The molecule has 0 aliphatic carbocycles. The number of nitro groups is 1. The summed E-state index contributed by atoms with van der Waals surface area (Å²) in [5, 5.41) is 16.9. The summed E-state index contributed by atoms with van der Waals surface area (Å²) in [6.07, 6.45) is 0. The Labute approximate surface area is 133 Å². The van der Waals surface area contributed by atoms with Crippen molar-refractivity contribution in [2.75, 3.05) is 5.32 Å². The summed E-state index contributed by atoms with van der Waals surface area (Å²) in [5.41, 5.74) is 0.491. The number of anilines is 1. The second-order valence-corrected chi connectivity index (χ2v) is 5.55. The highest BCUT2D eigenvalue weighted by Gasteiger charge is 2.25. The molecule has 1 N–H and O–H groups in total. The fraction of sp³-hybridized carbons (Fsp3) is 0.231. The van der Waals surface area contributed by atoms with Crippen LogP contribution in [0.3, 0.4) is 0 Å². The van der Waals surface area contributed by atoms with Crippen LogP contribution in [0.1, 0.15) is 18.7 Å². The average Bonchev–Trinajstić information content (AvgIpc) is 2.83. The van der Waals surface area contributed by atoms with Gasteiger partial charge in [-0.05, 0) is 37.0 Å². The van der Waals surface area contributed by atoms with Crippen LogP contribution in [0.25, 0.3) is 0 Å². The van der Waals surface area contributed by atoms with Crippen molar-refractivity contribution in [1.29, 1.82) is 0 Å². The Hall–Kier alpha value is -2.29. The molecule has 22 heavy (non-hydrogen) atoms. The van der Waals surface area contributed by atoms with Gasteiger partial charge in [0.1, 0.15) is 11.9 Å². The maximum atomic E-state index is 13.7. The first-order valence-corrected chi connectivity index (χ1v) is 7.05. The number of nitrogens with one attached hydrogen (secondary N) is 1. The van der Waals surface area contributed by atoms with Gasteiger partial charge in [-0.1, -0.05) is 15.9 Å². The maximum Gasteiger partial charge on any atom is 0.390 e. The molecule has 1 atom stereocenters. The quantitative estimate of drug-likeness (QED) is 0.660. The van der Waals surface area contributed by atoms with E-state index in [0.717, 1.165) is 0 Å². The van der Waals surface area contributed by atoms with Gasteiger partial charge in [-0.15, -0.1) is 0 Å². The summed E-state index contributed by atoms with van der Waals surface area (Å²) < 4.78 is 15.5. The van der Waals surface area contributed by atoms with Gasteiger partial charge in [-0.25, -0.2) is 4.39 Å². The van der Waals surface area contributed by atoms with Gasteiger partial charge >= 0.3 is 5.82 Å². The van der Waals surface area contributed by atoms with E-state index < -0.39 is 22.7 Å². The summed E-state index contributed by atoms with van der Waals surface area (Å²) in [6.45, 7) is 3.12. The number of carbonyl (C=O) groups is 1. The molecule has 0 bridgehead atoms. The second-order valence-electron chi connectivity index (χ2n) is 4.63. The Kier molecular flexibility index (Phi) is 4.55. The highest BCUT2D eigenvalue weighted by molar-refractivity contribution is 9.10. The van der Waals surface area contributed by atoms with E-state index in [9.17, 15) is 19.3 Å². The minimum absolute atomic E-state index is 0.0272. The topological polar surface area (TPSA) is 90.1 Å². The number of hydrogen-bond acceptors (Lipinski definition) is 4. The Morgan fingerprint density at radius 1 is 1.50 bits per heavy atom. The molecule has 0 aliphatic rings. The summed E-state index contributed by atoms with van der Waals surface area (Å²) >= 11 is 3.12. The molecule has 116 valence electrons. The first kappa shape index (κ1) is 16.1. The molecular formula is C13H12BrFN4O3. The third kappa shape index (κ3) is 3.30. The van der Waals surface area contributed by atoms with Crippen LogP contribution in [0.15, 0.2) is 28.7 Å². The van der Waals surface area contributed by atoms with E-state index in [-0.39, 0.29) is 11.5 Å². The molecule has 0 fully saturated rings. The lowest BCUT2D eigenvalue weighted by Gasteiger charge is -2.12. The number of benzene rings is 1. The van der Waals surface area contributed by atoms with Crippen LogP contribution in [-0.2, 0) is 4.79 Å². The van der Waals surface area contributed by atoms with Crippen molar-refractivity contribution < 1.29 is 14.1 Å². The standard InChI is InChI=1S/C13H12BrFN4O3/c1-7-5-12(19(21)22)17-18(7)8(2)13(20)16-11-4-3-9(14)6-10(11)15/h3-6,8H,1-2H3,(H,16,20). The normalized spacial score (nSPS) is 12.0. The molecular weight excluding hydrogens is 359 g/mol. The Morgan fingerprint density at radius 2 is 2.18 bits per heavy atom. The van der Waals surface area contributed by atoms with Crippen LogP contribution in [0.4, 0.5) is 15.9 Å². The largest absolute Gasteiger partial charge is 0.390 e. The van der Waals surface area contributed by atoms with Crippen LogP contribution >= 0.6 is 15.9 Å². The van der Waals surface area contributed by atoms with Gasteiger partial charge in [-0.3, -0.25) is 4.79 Å². The Morgan fingerprint density at radius 3 is 2.73 bits per heavy atom. The van der Waals surface area contributed by atoms with Gasteiger partial charge in [0.25, 0.3) is 5.91 Å². The molecule has 1 aromatic carbocycles. The molecule has 1 aromatic heterocycles. The van der Waals surface area contributed by atoms with E-state index in [1.54, 1.807) is 13.0 Å². The fourth-order valence-corrected chi connectivity index (χ4v) is 2.22. The molecule has 0 radical (unpaired) electrons. The molecule has 0 saturated carbocycles. The van der Waals surface area contributed by atoms with Crippen LogP contribution < -0.4 is 5.32 Å². The highest BCUT2D eigenvalue weighted by Crippen LogP contribution is 2.21. The molecule has 1 heterocycles. The van der Waals surface area contributed by atoms with Gasteiger partial charge < -0.3 is 15.4 Å². The summed E-state index contributed by atoms with van der Waals surface area (Å²) in [5.74, 6) is -1.45. The number of rotatable bonds is 4. The smallest absolute Gasteiger partial charge is 0.358 e. The first-order chi connectivity index (χ1) is 10.3. The van der Waals surface area contributed by atoms with E-state index in [2.05, 4.69) is 26.3 Å². The van der Waals surface area contributed by atoms with Crippen LogP contribution in [0.5, 0.6) is 0 Å². The molecule has 0 saturated heterocycles. The minimum atomic E-state index is -0.822. The van der Waals surface area contributed by atoms with Crippen molar-refractivity contribution >= 4 is 33.3 Å². The zero-order valence-electron chi connectivity index (χ0n) is 11.7. The summed E-state index contributed by atoms with van der Waals surface area (Å²) in [6, 6.07) is 4.68. The lowest BCUT2D eigenvalue weighted by atomic mass is 10.2. The van der Waals surface area contributed by atoms with Crippen molar-refractivity contribution in [3.63, 3.8) is 0 Å². The molecule has 1 unspecified atom stereocenters. The van der Waals surface area contributed by atoms with Gasteiger partial charge in [0, 0.05) is 4.47 Å². The molecule has 0 aliphatic heterocycles. The zero-order valence-corrected chi connectivity index (χ0v) is 13.3. The number of hydrogen-bond donors (Lipinski definition) is 1. The monoisotopic (exact) mass is 370 g/mol. The zero-order chi connectivity index (χ0) is 16.4. The molecule has 0 spiro atoms. The van der Waals surface area contributed by atoms with E-state index in [4.69, 9.17) is 0 Å².